The summed E-state index contributed by atoms with van der Waals surface area (Å²) in [7, 11) is 0. The van der Waals surface area contributed by atoms with Gasteiger partial charge in [-0.3, -0.25) is 9.59 Å². The quantitative estimate of drug-likeness (QED) is 0.682. The zero-order valence-electron chi connectivity index (χ0n) is 14.0. The summed E-state index contributed by atoms with van der Waals surface area (Å²) in [6.45, 7) is 3.41. The van der Waals surface area contributed by atoms with Crippen molar-refractivity contribution in [2.75, 3.05) is 0 Å². The van der Waals surface area contributed by atoms with E-state index in [0.29, 0.717) is 11.7 Å². The zero-order valence-corrected chi connectivity index (χ0v) is 14.0. The van der Waals surface area contributed by atoms with Crippen LogP contribution in [0.25, 0.3) is 0 Å². The van der Waals surface area contributed by atoms with Crippen LogP contribution in [0.1, 0.15) is 90.9 Å². The topological polar surface area (TPSA) is 34.1 Å². The molecule has 2 nitrogen and oxygen atoms in total. The number of carbonyl (C=O) groups excluding carboxylic acids is 2. The smallest absolute Gasteiger partial charge is 0.155 e. The van der Waals surface area contributed by atoms with Gasteiger partial charge in [-0.25, -0.2) is 0 Å². The summed E-state index contributed by atoms with van der Waals surface area (Å²) in [6.07, 6.45) is 16.9. The first-order chi connectivity index (χ1) is 10.1. The van der Waals surface area contributed by atoms with Crippen LogP contribution in [0.3, 0.4) is 0 Å². The van der Waals surface area contributed by atoms with Crippen molar-refractivity contribution in [3.05, 3.63) is 11.6 Å². The summed E-state index contributed by atoms with van der Waals surface area (Å²) in [5.41, 5.74) is 1.05. The molecule has 0 aromatic carbocycles. The molecule has 0 unspecified atom stereocenters. The molecule has 0 spiro atoms. The van der Waals surface area contributed by atoms with Crippen LogP contribution in [0.2, 0.25) is 0 Å². The highest BCUT2D eigenvalue weighted by molar-refractivity contribution is 5.93. The van der Waals surface area contributed by atoms with Crippen LogP contribution in [0.5, 0.6) is 0 Å². The molecular weight excluding hydrogens is 260 g/mol. The van der Waals surface area contributed by atoms with Gasteiger partial charge in [0.1, 0.15) is 5.78 Å². The van der Waals surface area contributed by atoms with Gasteiger partial charge in [-0.05, 0) is 57.9 Å². The first-order valence-corrected chi connectivity index (χ1v) is 8.81. The van der Waals surface area contributed by atoms with Crippen molar-refractivity contribution in [1.29, 1.82) is 0 Å². The lowest BCUT2D eigenvalue weighted by Gasteiger charge is -2.16. The third kappa shape index (κ3) is 8.18. The van der Waals surface area contributed by atoms with Crippen molar-refractivity contribution in [3.8, 4) is 0 Å². The minimum atomic E-state index is 0.266. The largest absolute Gasteiger partial charge is 0.300 e. The fourth-order valence-electron chi connectivity index (χ4n) is 3.20. The molecule has 0 aliphatic heterocycles. The molecule has 2 heteroatoms. The number of ketones is 2. The van der Waals surface area contributed by atoms with Gasteiger partial charge in [0, 0.05) is 5.92 Å². The molecule has 2 aliphatic rings. The Morgan fingerprint density at radius 2 is 1.43 bits per heavy atom. The molecule has 0 aromatic rings. The lowest BCUT2D eigenvalue weighted by molar-refractivity contribution is -0.121. The van der Waals surface area contributed by atoms with E-state index in [1.54, 1.807) is 13.8 Å². The van der Waals surface area contributed by atoms with Crippen LogP contribution in [-0.2, 0) is 9.59 Å². The standard InChI is InChI=1S/C10H18O.C9H14O/c1-9(11)10-7-5-3-2-4-6-8-10;1-8(10)9-6-4-2-3-5-7-9/h10H,2-8H2,1H3;6H,2-5,7H2,1H3. The molecule has 0 N–H and O–H groups in total. The molecule has 0 saturated heterocycles. The van der Waals surface area contributed by atoms with Gasteiger partial charge in [0.05, 0.1) is 0 Å². The van der Waals surface area contributed by atoms with Gasteiger partial charge in [-0.1, -0.05) is 44.6 Å². The summed E-state index contributed by atoms with van der Waals surface area (Å²) in [5.74, 6) is 1.07. The SMILES string of the molecule is CC(=O)C1=CCCCCC1.CC(=O)C1CCCCCCC1. The molecule has 0 amide bonds. The molecule has 0 aromatic heterocycles. The highest BCUT2D eigenvalue weighted by Crippen LogP contribution is 2.22. The molecule has 2 aliphatic carbocycles. The van der Waals surface area contributed by atoms with E-state index < -0.39 is 0 Å². The van der Waals surface area contributed by atoms with Crippen molar-refractivity contribution in [2.45, 2.75) is 90.9 Å². The lowest BCUT2D eigenvalue weighted by atomic mass is 9.89. The Bertz CT molecular complexity index is 347. The van der Waals surface area contributed by atoms with Gasteiger partial charge in [-0.2, -0.15) is 0 Å². The third-order valence-corrected chi connectivity index (χ3v) is 4.67. The van der Waals surface area contributed by atoms with E-state index in [1.807, 2.05) is 0 Å². The Morgan fingerprint density at radius 1 is 0.857 bits per heavy atom. The fourth-order valence-corrected chi connectivity index (χ4v) is 3.20. The average molecular weight is 292 g/mol. The minimum Gasteiger partial charge on any atom is -0.300 e. The Labute approximate surface area is 130 Å². The van der Waals surface area contributed by atoms with E-state index in [4.69, 9.17) is 0 Å². The average Bonchev–Trinajstić information content (AvgIpc) is 2.67. The third-order valence-electron chi connectivity index (χ3n) is 4.67. The number of hydrogen-bond acceptors (Lipinski definition) is 2. The second-order valence-corrected chi connectivity index (χ2v) is 6.54. The summed E-state index contributed by atoms with van der Waals surface area (Å²) in [6, 6.07) is 0. The van der Waals surface area contributed by atoms with Gasteiger partial charge in [-0.15, -0.1) is 0 Å². The molecule has 1 saturated carbocycles. The van der Waals surface area contributed by atoms with E-state index in [-0.39, 0.29) is 5.78 Å². The van der Waals surface area contributed by atoms with Gasteiger partial charge < -0.3 is 0 Å². The highest BCUT2D eigenvalue weighted by Gasteiger charge is 2.14. The Balaban J connectivity index is 0.000000211. The van der Waals surface area contributed by atoms with Gasteiger partial charge in [0.25, 0.3) is 0 Å². The number of allylic oxidation sites excluding steroid dienone is 2. The Hall–Kier alpha value is -0.920. The molecule has 0 radical (unpaired) electrons. The van der Waals surface area contributed by atoms with Crippen LogP contribution < -0.4 is 0 Å². The van der Waals surface area contributed by atoms with Crippen molar-refractivity contribution in [1.82, 2.24) is 0 Å². The van der Waals surface area contributed by atoms with Crippen molar-refractivity contribution in [3.63, 3.8) is 0 Å². The van der Waals surface area contributed by atoms with Crippen molar-refractivity contribution < 1.29 is 9.59 Å². The van der Waals surface area contributed by atoms with Crippen molar-refractivity contribution >= 4 is 11.6 Å². The van der Waals surface area contributed by atoms with Gasteiger partial charge >= 0.3 is 0 Å². The molecule has 120 valence electrons. The van der Waals surface area contributed by atoms with Crippen LogP contribution in [-0.4, -0.2) is 11.6 Å². The van der Waals surface area contributed by atoms with Crippen LogP contribution in [0, 0.1) is 5.92 Å². The predicted molar refractivity (Wildman–Crippen MR) is 88.3 cm³/mol. The molecular formula is C19H32O2. The predicted octanol–water partition coefficient (Wildman–Crippen LogP) is 5.40. The minimum absolute atomic E-state index is 0.266. The maximum Gasteiger partial charge on any atom is 0.155 e. The molecule has 2 rings (SSSR count). The number of rotatable bonds is 2. The number of Topliss-reactive ketones (excluding diaryl/α,β-unsaturated/α-hetero) is 2. The number of hydrogen-bond donors (Lipinski definition) is 0. The van der Waals surface area contributed by atoms with Crippen LogP contribution in [0.15, 0.2) is 11.6 Å². The van der Waals surface area contributed by atoms with E-state index in [2.05, 4.69) is 6.08 Å². The summed E-state index contributed by atoms with van der Waals surface area (Å²) >= 11 is 0. The van der Waals surface area contributed by atoms with Crippen LogP contribution >= 0.6 is 0 Å². The molecule has 1 fully saturated rings. The first-order valence-electron chi connectivity index (χ1n) is 8.81. The molecule has 0 heterocycles. The zero-order chi connectivity index (χ0) is 15.5. The van der Waals surface area contributed by atoms with E-state index in [0.717, 1.165) is 31.3 Å². The summed E-state index contributed by atoms with van der Waals surface area (Å²) < 4.78 is 0. The molecule has 0 atom stereocenters. The monoisotopic (exact) mass is 292 g/mol. The van der Waals surface area contributed by atoms with Gasteiger partial charge in [0.2, 0.25) is 0 Å². The highest BCUT2D eigenvalue weighted by atomic mass is 16.1. The Morgan fingerprint density at radius 3 is 2.00 bits per heavy atom. The fraction of sp³-hybridized carbons (Fsp3) is 0.789. The van der Waals surface area contributed by atoms with Gasteiger partial charge in [0.15, 0.2) is 5.78 Å². The summed E-state index contributed by atoms with van der Waals surface area (Å²) in [5, 5.41) is 0. The van der Waals surface area contributed by atoms with E-state index in [1.165, 1.54) is 51.4 Å². The van der Waals surface area contributed by atoms with E-state index in [9.17, 15) is 9.59 Å². The Kier molecular flexibility index (Phi) is 9.29. The summed E-state index contributed by atoms with van der Waals surface area (Å²) in [4.78, 5) is 21.9. The van der Waals surface area contributed by atoms with Crippen molar-refractivity contribution in [2.24, 2.45) is 5.92 Å². The second-order valence-electron chi connectivity index (χ2n) is 6.54. The number of carbonyl (C=O) groups is 2. The molecule has 21 heavy (non-hydrogen) atoms. The lowest BCUT2D eigenvalue weighted by Crippen LogP contribution is -2.12. The van der Waals surface area contributed by atoms with E-state index >= 15 is 0 Å². The maximum absolute atomic E-state index is 11.1. The maximum atomic E-state index is 11.1. The molecule has 0 bridgehead atoms. The normalized spacial score (nSPS) is 21.0. The first kappa shape index (κ1) is 18.1. The second kappa shape index (κ2) is 10.8. The van der Waals surface area contributed by atoms with Crippen LogP contribution in [0.4, 0.5) is 0 Å².